The summed E-state index contributed by atoms with van der Waals surface area (Å²) in [5.74, 6) is -1.02. The van der Waals surface area contributed by atoms with Crippen molar-refractivity contribution in [2.45, 2.75) is 25.9 Å². The number of piperidine rings is 1. The highest BCUT2D eigenvalue weighted by molar-refractivity contribution is 5.76. The summed E-state index contributed by atoms with van der Waals surface area (Å²) in [4.78, 5) is 1.49. The third kappa shape index (κ3) is 2.60. The maximum Gasteiger partial charge on any atom is 0.393 e. The first-order valence-electron chi connectivity index (χ1n) is 4.28. The van der Waals surface area contributed by atoms with E-state index in [0.29, 0.717) is 13.0 Å². The van der Waals surface area contributed by atoms with E-state index in [-0.39, 0.29) is 18.8 Å². The fraction of sp³-hybridized carbons (Fsp3) is 0.875. The van der Waals surface area contributed by atoms with E-state index in [4.69, 9.17) is 5.41 Å². The van der Waals surface area contributed by atoms with Crippen molar-refractivity contribution < 1.29 is 13.2 Å². The number of halogens is 3. The lowest BCUT2D eigenvalue weighted by Crippen LogP contribution is -2.43. The van der Waals surface area contributed by atoms with Crippen molar-refractivity contribution in [2.75, 3.05) is 13.1 Å². The zero-order valence-corrected chi connectivity index (χ0v) is 7.49. The maximum absolute atomic E-state index is 12.3. The number of hydrogen-bond acceptors (Lipinski definition) is 1. The third-order valence-electron chi connectivity index (χ3n) is 2.36. The lowest BCUT2D eigenvalue weighted by molar-refractivity contribution is -0.183. The second-order valence-corrected chi connectivity index (χ2v) is 3.41. The average molecular weight is 194 g/mol. The minimum Gasteiger partial charge on any atom is -0.360 e. The van der Waals surface area contributed by atoms with E-state index in [2.05, 4.69) is 0 Å². The molecule has 0 aliphatic carbocycles. The molecule has 1 fully saturated rings. The van der Waals surface area contributed by atoms with E-state index in [1.807, 2.05) is 0 Å². The summed E-state index contributed by atoms with van der Waals surface area (Å²) in [6, 6.07) is 0. The first kappa shape index (κ1) is 10.3. The minimum absolute atomic E-state index is 0.0428. The van der Waals surface area contributed by atoms with Gasteiger partial charge >= 0.3 is 6.18 Å². The Labute approximate surface area is 75.2 Å². The zero-order valence-electron chi connectivity index (χ0n) is 7.49. The normalized spacial score (nSPS) is 24.6. The smallest absolute Gasteiger partial charge is 0.360 e. The van der Waals surface area contributed by atoms with E-state index >= 15 is 0 Å². The highest BCUT2D eigenvalue weighted by atomic mass is 19.4. The molecule has 1 aliphatic heterocycles. The number of alkyl halides is 3. The van der Waals surface area contributed by atoms with Crippen LogP contribution in [-0.2, 0) is 0 Å². The summed E-state index contributed by atoms with van der Waals surface area (Å²) in [6.07, 6.45) is -3.37. The molecule has 0 bridgehead atoms. The van der Waals surface area contributed by atoms with Gasteiger partial charge < -0.3 is 4.90 Å². The lowest BCUT2D eigenvalue weighted by atomic mass is 9.97. The standard InChI is InChI=1S/C8H13F3N2/c1-6(12)13-4-2-3-7(5-13)8(9,10)11/h7,12H,2-5H2,1H3. The van der Waals surface area contributed by atoms with Crippen LogP contribution in [0, 0.1) is 11.3 Å². The van der Waals surface area contributed by atoms with Crippen molar-refractivity contribution in [1.29, 1.82) is 5.41 Å². The van der Waals surface area contributed by atoms with Crippen molar-refractivity contribution in [3.63, 3.8) is 0 Å². The number of nitrogens with zero attached hydrogens (tertiary/aromatic N) is 1. The van der Waals surface area contributed by atoms with E-state index < -0.39 is 12.1 Å². The molecule has 0 radical (unpaired) electrons. The molecule has 0 aromatic carbocycles. The van der Waals surface area contributed by atoms with Crippen LogP contribution in [0.25, 0.3) is 0 Å². The summed E-state index contributed by atoms with van der Waals surface area (Å²) >= 11 is 0. The molecule has 76 valence electrons. The molecule has 13 heavy (non-hydrogen) atoms. The molecule has 1 rings (SSSR count). The Morgan fingerprint density at radius 2 is 2.08 bits per heavy atom. The van der Waals surface area contributed by atoms with Gasteiger partial charge in [-0.3, -0.25) is 5.41 Å². The molecule has 1 aliphatic rings. The SMILES string of the molecule is CC(=N)N1CCCC(C(F)(F)F)C1. The van der Waals surface area contributed by atoms with Gasteiger partial charge in [0, 0.05) is 13.1 Å². The van der Waals surface area contributed by atoms with Crippen LogP contribution in [0.15, 0.2) is 0 Å². The van der Waals surface area contributed by atoms with Crippen molar-refractivity contribution >= 4 is 5.84 Å². The molecule has 1 unspecified atom stereocenters. The Morgan fingerprint density at radius 1 is 1.46 bits per heavy atom. The van der Waals surface area contributed by atoms with Crippen LogP contribution in [0.3, 0.4) is 0 Å². The Hall–Kier alpha value is -0.740. The molecule has 0 aromatic heterocycles. The van der Waals surface area contributed by atoms with E-state index in [1.54, 1.807) is 0 Å². The third-order valence-corrected chi connectivity index (χ3v) is 2.36. The molecule has 1 heterocycles. The molecule has 5 heteroatoms. The number of rotatable bonds is 0. The van der Waals surface area contributed by atoms with Crippen molar-refractivity contribution in [3.05, 3.63) is 0 Å². The fourth-order valence-corrected chi connectivity index (χ4v) is 1.55. The highest BCUT2D eigenvalue weighted by Gasteiger charge is 2.41. The van der Waals surface area contributed by atoms with Gasteiger partial charge in [-0.05, 0) is 19.8 Å². The van der Waals surface area contributed by atoms with Crippen LogP contribution >= 0.6 is 0 Å². The Kier molecular flexibility index (Phi) is 2.83. The molecule has 1 saturated heterocycles. The first-order valence-corrected chi connectivity index (χ1v) is 4.28. The largest absolute Gasteiger partial charge is 0.393 e. The summed E-state index contributed by atoms with van der Waals surface area (Å²) < 4.78 is 36.8. The molecule has 1 N–H and O–H groups in total. The fourth-order valence-electron chi connectivity index (χ4n) is 1.55. The maximum atomic E-state index is 12.3. The van der Waals surface area contributed by atoms with Crippen LogP contribution < -0.4 is 0 Å². The van der Waals surface area contributed by atoms with Gasteiger partial charge in [0.1, 0.15) is 0 Å². The summed E-state index contributed by atoms with van der Waals surface area (Å²) in [5.41, 5.74) is 0. The van der Waals surface area contributed by atoms with Gasteiger partial charge in [-0.15, -0.1) is 0 Å². The first-order chi connectivity index (χ1) is 5.91. The molecule has 0 amide bonds. The van der Waals surface area contributed by atoms with E-state index in [9.17, 15) is 13.2 Å². The monoisotopic (exact) mass is 194 g/mol. The van der Waals surface area contributed by atoms with Crippen LogP contribution in [-0.4, -0.2) is 30.0 Å². The predicted octanol–water partition coefficient (Wildman–Crippen LogP) is 2.26. The topological polar surface area (TPSA) is 27.1 Å². The van der Waals surface area contributed by atoms with E-state index in [1.165, 1.54) is 11.8 Å². The Bertz CT molecular complexity index is 200. The summed E-state index contributed by atoms with van der Waals surface area (Å²) in [7, 11) is 0. The Balaban J connectivity index is 2.57. The summed E-state index contributed by atoms with van der Waals surface area (Å²) in [5, 5.41) is 7.24. The Morgan fingerprint density at radius 3 is 2.54 bits per heavy atom. The summed E-state index contributed by atoms with van der Waals surface area (Å²) in [6.45, 7) is 2.07. The molecular weight excluding hydrogens is 181 g/mol. The quantitative estimate of drug-likeness (QED) is 0.464. The van der Waals surface area contributed by atoms with Crippen molar-refractivity contribution in [3.8, 4) is 0 Å². The second-order valence-electron chi connectivity index (χ2n) is 3.41. The van der Waals surface area contributed by atoms with Crippen LogP contribution in [0.4, 0.5) is 13.2 Å². The van der Waals surface area contributed by atoms with Crippen molar-refractivity contribution in [2.24, 2.45) is 5.92 Å². The van der Waals surface area contributed by atoms with Gasteiger partial charge in [0.15, 0.2) is 0 Å². The molecule has 0 spiro atoms. The minimum atomic E-state index is -4.10. The molecular formula is C8H13F3N2. The number of amidine groups is 1. The lowest BCUT2D eigenvalue weighted by Gasteiger charge is -2.34. The van der Waals surface area contributed by atoms with Gasteiger partial charge in [-0.2, -0.15) is 13.2 Å². The highest BCUT2D eigenvalue weighted by Crippen LogP contribution is 2.32. The average Bonchev–Trinajstić information content (AvgIpc) is 2.03. The molecule has 0 saturated carbocycles. The van der Waals surface area contributed by atoms with Gasteiger partial charge in [-0.1, -0.05) is 0 Å². The van der Waals surface area contributed by atoms with Gasteiger partial charge in [0.25, 0.3) is 0 Å². The number of nitrogens with one attached hydrogen (secondary N) is 1. The molecule has 0 aromatic rings. The van der Waals surface area contributed by atoms with Crippen LogP contribution in [0.1, 0.15) is 19.8 Å². The number of likely N-dealkylation sites (tertiary alicyclic amines) is 1. The van der Waals surface area contributed by atoms with E-state index in [0.717, 1.165) is 0 Å². The predicted molar refractivity (Wildman–Crippen MR) is 43.8 cm³/mol. The second kappa shape index (κ2) is 3.55. The number of hydrogen-bond donors (Lipinski definition) is 1. The van der Waals surface area contributed by atoms with Crippen LogP contribution in [0.5, 0.6) is 0 Å². The van der Waals surface area contributed by atoms with Gasteiger partial charge in [0.2, 0.25) is 0 Å². The zero-order chi connectivity index (χ0) is 10.1. The molecule has 1 atom stereocenters. The van der Waals surface area contributed by atoms with Gasteiger partial charge in [-0.25, -0.2) is 0 Å². The van der Waals surface area contributed by atoms with Crippen LogP contribution in [0.2, 0.25) is 0 Å². The molecule has 2 nitrogen and oxygen atoms in total. The van der Waals surface area contributed by atoms with Crippen molar-refractivity contribution in [1.82, 2.24) is 4.90 Å². The van der Waals surface area contributed by atoms with Gasteiger partial charge in [0.05, 0.1) is 11.8 Å².